The molecule has 4 rings (SSSR count). The number of benzene rings is 2. The summed E-state index contributed by atoms with van der Waals surface area (Å²) in [6.45, 7) is 4.62. The summed E-state index contributed by atoms with van der Waals surface area (Å²) in [5, 5.41) is 6.37. The first kappa shape index (κ1) is 18.2. The number of anilines is 2. The summed E-state index contributed by atoms with van der Waals surface area (Å²) in [4.78, 5) is 21.8. The van der Waals surface area contributed by atoms with Gasteiger partial charge in [0.2, 0.25) is 0 Å². The van der Waals surface area contributed by atoms with Gasteiger partial charge in [0, 0.05) is 35.4 Å². The second-order valence-electron chi connectivity index (χ2n) is 6.54. The number of halogens is 2. The van der Waals surface area contributed by atoms with Crippen LogP contribution in [0.3, 0.4) is 0 Å². The Hall–Kier alpha value is -2.20. The average Bonchev–Trinajstić information content (AvgIpc) is 3.15. The fourth-order valence-corrected chi connectivity index (χ4v) is 3.92. The maximum absolute atomic E-state index is 15.3. The van der Waals surface area contributed by atoms with Crippen LogP contribution in [0, 0.1) is 16.3 Å². The number of aromatic amines is 1. The van der Waals surface area contributed by atoms with Crippen molar-refractivity contribution in [2.75, 3.05) is 31.5 Å². The normalized spacial score (nSPS) is 14.6. The summed E-state index contributed by atoms with van der Waals surface area (Å²) in [6, 6.07) is 7.52. The van der Waals surface area contributed by atoms with Gasteiger partial charge < -0.3 is 20.5 Å². The van der Waals surface area contributed by atoms with E-state index in [1.165, 1.54) is 6.33 Å². The third-order valence-corrected chi connectivity index (χ3v) is 5.41. The van der Waals surface area contributed by atoms with Crippen molar-refractivity contribution < 1.29 is 9.18 Å². The zero-order chi connectivity index (χ0) is 19.0. The van der Waals surface area contributed by atoms with E-state index in [-0.39, 0.29) is 17.1 Å². The van der Waals surface area contributed by atoms with E-state index in [2.05, 4.69) is 43.2 Å². The van der Waals surface area contributed by atoms with Crippen molar-refractivity contribution in [3.05, 3.63) is 51.1 Å². The van der Waals surface area contributed by atoms with Gasteiger partial charge >= 0.3 is 0 Å². The molecule has 0 radical (unpaired) electrons. The van der Waals surface area contributed by atoms with Crippen LogP contribution >= 0.6 is 22.6 Å². The van der Waals surface area contributed by atoms with Gasteiger partial charge in [-0.15, -0.1) is 0 Å². The summed E-state index contributed by atoms with van der Waals surface area (Å²) in [6.07, 6.45) is 1.44. The first-order valence-electron chi connectivity index (χ1n) is 8.73. The molecule has 8 heteroatoms. The van der Waals surface area contributed by atoms with Crippen molar-refractivity contribution in [2.24, 2.45) is 0 Å². The minimum absolute atomic E-state index is 0.169. The number of aryl methyl sites for hydroxylation is 1. The Balaban J connectivity index is 1.81. The maximum atomic E-state index is 15.3. The number of nitrogens with zero attached hydrogens (tertiary/aromatic N) is 2. The molecule has 1 fully saturated rings. The number of carbonyl (C=O) groups excluding carboxylic acids is 1. The molecule has 0 atom stereocenters. The zero-order valence-electron chi connectivity index (χ0n) is 14.8. The molecule has 27 heavy (non-hydrogen) atoms. The molecule has 6 nitrogen and oxygen atoms in total. The number of hydrogen-bond donors (Lipinski definition) is 3. The number of H-pyrrole nitrogens is 1. The van der Waals surface area contributed by atoms with E-state index in [0.29, 0.717) is 24.2 Å². The number of nitrogens with one attached hydrogen (secondary N) is 3. The molecule has 0 saturated carbocycles. The predicted molar refractivity (Wildman–Crippen MR) is 112 cm³/mol. The number of rotatable bonds is 3. The first-order chi connectivity index (χ1) is 13.0. The van der Waals surface area contributed by atoms with Crippen molar-refractivity contribution in [3.8, 4) is 0 Å². The van der Waals surface area contributed by atoms with Crippen LogP contribution < -0.4 is 10.6 Å². The van der Waals surface area contributed by atoms with E-state index in [4.69, 9.17) is 0 Å². The van der Waals surface area contributed by atoms with Gasteiger partial charge in [0.1, 0.15) is 5.52 Å². The summed E-state index contributed by atoms with van der Waals surface area (Å²) in [5.74, 6) is -0.706. The van der Waals surface area contributed by atoms with E-state index in [1.54, 1.807) is 11.0 Å². The van der Waals surface area contributed by atoms with Crippen molar-refractivity contribution >= 4 is 50.9 Å². The van der Waals surface area contributed by atoms with Gasteiger partial charge in [-0.2, -0.15) is 0 Å². The SMILES string of the molecule is Cc1cc(I)ccc1Nc1c(C(=O)N2CCNCC2)cc2[nH]cnc2c1F. The lowest BCUT2D eigenvalue weighted by Gasteiger charge is -2.28. The molecule has 0 spiro atoms. The van der Waals surface area contributed by atoms with Gasteiger partial charge in [0.05, 0.1) is 23.1 Å². The lowest BCUT2D eigenvalue weighted by atomic mass is 10.1. The summed E-state index contributed by atoms with van der Waals surface area (Å²) in [5.41, 5.74) is 2.95. The number of hydrogen-bond acceptors (Lipinski definition) is 4. The highest BCUT2D eigenvalue weighted by molar-refractivity contribution is 14.1. The zero-order valence-corrected chi connectivity index (χ0v) is 16.9. The van der Waals surface area contributed by atoms with Crippen molar-refractivity contribution in [1.82, 2.24) is 20.2 Å². The van der Waals surface area contributed by atoms with Gasteiger partial charge in [0.25, 0.3) is 5.91 Å². The van der Waals surface area contributed by atoms with Gasteiger partial charge in [-0.1, -0.05) is 0 Å². The highest BCUT2D eigenvalue weighted by Gasteiger charge is 2.25. The molecule has 1 aliphatic heterocycles. The summed E-state index contributed by atoms with van der Waals surface area (Å²) >= 11 is 2.23. The molecule has 3 N–H and O–H groups in total. The smallest absolute Gasteiger partial charge is 0.256 e. The van der Waals surface area contributed by atoms with Gasteiger partial charge in [-0.25, -0.2) is 9.37 Å². The van der Waals surface area contributed by atoms with Crippen LogP contribution in [0.5, 0.6) is 0 Å². The van der Waals surface area contributed by atoms with Crippen LogP contribution in [0.2, 0.25) is 0 Å². The molecule has 1 saturated heterocycles. The number of piperazine rings is 1. The van der Waals surface area contributed by atoms with Crippen LogP contribution in [0.25, 0.3) is 11.0 Å². The Morgan fingerprint density at radius 1 is 1.30 bits per heavy atom. The van der Waals surface area contributed by atoms with E-state index in [0.717, 1.165) is 27.9 Å². The Morgan fingerprint density at radius 2 is 2.07 bits per heavy atom. The number of fused-ring (bicyclic) bond motifs is 1. The Morgan fingerprint density at radius 3 is 2.81 bits per heavy atom. The molecule has 2 aromatic carbocycles. The van der Waals surface area contributed by atoms with Crippen LogP contribution in [-0.4, -0.2) is 47.0 Å². The third kappa shape index (κ3) is 3.51. The highest BCUT2D eigenvalue weighted by Crippen LogP contribution is 2.32. The lowest BCUT2D eigenvalue weighted by molar-refractivity contribution is 0.0736. The molecule has 0 aliphatic carbocycles. The van der Waals surface area contributed by atoms with Crippen molar-refractivity contribution in [1.29, 1.82) is 0 Å². The Kier molecular flexibility index (Phi) is 5.00. The minimum Gasteiger partial charge on any atom is -0.352 e. The molecule has 2 heterocycles. The maximum Gasteiger partial charge on any atom is 0.256 e. The third-order valence-electron chi connectivity index (χ3n) is 4.74. The van der Waals surface area contributed by atoms with E-state index >= 15 is 4.39 Å². The van der Waals surface area contributed by atoms with Crippen molar-refractivity contribution in [2.45, 2.75) is 6.92 Å². The molecule has 1 amide bonds. The molecule has 0 unspecified atom stereocenters. The Bertz CT molecular complexity index is 1010. The number of imidazole rings is 1. The summed E-state index contributed by atoms with van der Waals surface area (Å²) in [7, 11) is 0. The number of amides is 1. The van der Waals surface area contributed by atoms with Crippen LogP contribution in [0.4, 0.5) is 15.8 Å². The van der Waals surface area contributed by atoms with Gasteiger partial charge in [-0.3, -0.25) is 4.79 Å². The Labute approximate surface area is 169 Å². The number of aromatic nitrogens is 2. The largest absolute Gasteiger partial charge is 0.352 e. The number of carbonyl (C=O) groups is 1. The lowest BCUT2D eigenvalue weighted by Crippen LogP contribution is -2.46. The molecule has 140 valence electrons. The average molecular weight is 479 g/mol. The monoisotopic (exact) mass is 479 g/mol. The van der Waals surface area contributed by atoms with Gasteiger partial charge in [0.15, 0.2) is 5.82 Å². The van der Waals surface area contributed by atoms with Crippen LogP contribution in [-0.2, 0) is 0 Å². The van der Waals surface area contributed by atoms with E-state index in [9.17, 15) is 4.79 Å². The second-order valence-corrected chi connectivity index (χ2v) is 7.78. The topological polar surface area (TPSA) is 73.1 Å². The predicted octanol–water partition coefficient (Wildman–Crippen LogP) is 3.40. The molecular formula is C19H19FIN5O. The van der Waals surface area contributed by atoms with E-state index < -0.39 is 5.82 Å². The standard InChI is InChI=1S/C19H19FIN5O/c1-11-8-12(21)2-3-14(11)25-17-13(19(27)26-6-4-22-5-7-26)9-15-18(16(17)20)24-10-23-15/h2-3,8-10,22,25H,4-7H2,1H3,(H,23,24). The summed E-state index contributed by atoms with van der Waals surface area (Å²) < 4.78 is 16.4. The van der Waals surface area contributed by atoms with Gasteiger partial charge in [-0.05, 0) is 59.3 Å². The van der Waals surface area contributed by atoms with Crippen LogP contribution in [0.1, 0.15) is 15.9 Å². The molecule has 1 aliphatic rings. The minimum atomic E-state index is -0.523. The van der Waals surface area contributed by atoms with Crippen molar-refractivity contribution in [3.63, 3.8) is 0 Å². The quantitative estimate of drug-likeness (QED) is 0.504. The first-order valence-corrected chi connectivity index (χ1v) is 9.81. The fourth-order valence-electron chi connectivity index (χ4n) is 3.27. The second kappa shape index (κ2) is 7.43. The highest BCUT2D eigenvalue weighted by atomic mass is 127. The van der Waals surface area contributed by atoms with Crippen LogP contribution in [0.15, 0.2) is 30.6 Å². The molecule has 0 bridgehead atoms. The molecule has 3 aromatic rings. The fraction of sp³-hybridized carbons (Fsp3) is 0.263. The molecule has 1 aromatic heterocycles. The van der Waals surface area contributed by atoms with E-state index in [1.807, 2.05) is 25.1 Å². The molecular weight excluding hydrogens is 460 g/mol.